The van der Waals surface area contributed by atoms with E-state index in [1.165, 1.54) is 6.42 Å². The molecule has 2 aromatic heterocycles. The molecule has 0 aliphatic rings. The molecular weight excluding hydrogens is 316 g/mol. The van der Waals surface area contributed by atoms with Gasteiger partial charge in [0.25, 0.3) is 5.78 Å². The number of amides is 1. The fraction of sp³-hybridized carbons (Fsp3) is 0.667. The number of nitrogen functional groups attached to an aromatic ring is 1. The average molecular weight is 346 g/mol. The maximum atomic E-state index is 12.2. The summed E-state index contributed by atoms with van der Waals surface area (Å²) in [4.78, 5) is 20.7. The van der Waals surface area contributed by atoms with Crippen molar-refractivity contribution in [2.24, 2.45) is 5.92 Å². The zero-order chi connectivity index (χ0) is 18.6. The molecule has 7 heteroatoms. The molecule has 0 aliphatic heterocycles. The van der Waals surface area contributed by atoms with Gasteiger partial charge in [0.15, 0.2) is 0 Å². The third-order valence-electron chi connectivity index (χ3n) is 4.49. The van der Waals surface area contributed by atoms with E-state index in [-0.39, 0.29) is 17.9 Å². The molecule has 7 nitrogen and oxygen atoms in total. The number of anilines is 1. The SMILES string of the molecule is Cc1nc2nc(N)nn2c(C)c1CCC(=O)N[C@H](C)CCCC(C)C. The first-order valence-corrected chi connectivity index (χ1v) is 9.05. The van der Waals surface area contributed by atoms with E-state index in [0.29, 0.717) is 24.5 Å². The van der Waals surface area contributed by atoms with Crippen molar-refractivity contribution in [3.8, 4) is 0 Å². The minimum absolute atomic E-state index is 0.0778. The molecule has 1 amide bonds. The smallest absolute Gasteiger partial charge is 0.254 e. The number of rotatable bonds is 8. The van der Waals surface area contributed by atoms with E-state index in [4.69, 9.17) is 5.73 Å². The number of aromatic nitrogens is 4. The number of carbonyl (C=O) groups is 1. The number of carbonyl (C=O) groups excluding carboxylic acids is 1. The summed E-state index contributed by atoms with van der Waals surface area (Å²) >= 11 is 0. The summed E-state index contributed by atoms with van der Waals surface area (Å²) in [5, 5.41) is 7.25. The number of hydrogen-bond donors (Lipinski definition) is 2. The number of nitrogens with zero attached hydrogens (tertiary/aromatic N) is 4. The highest BCUT2D eigenvalue weighted by atomic mass is 16.1. The molecule has 0 bridgehead atoms. The van der Waals surface area contributed by atoms with Gasteiger partial charge in [0, 0.05) is 23.9 Å². The first-order chi connectivity index (χ1) is 11.8. The monoisotopic (exact) mass is 346 g/mol. The van der Waals surface area contributed by atoms with Crippen LogP contribution in [0.3, 0.4) is 0 Å². The molecule has 0 unspecified atom stereocenters. The molecule has 138 valence electrons. The lowest BCUT2D eigenvalue weighted by molar-refractivity contribution is -0.121. The molecule has 0 aliphatic carbocycles. The summed E-state index contributed by atoms with van der Waals surface area (Å²) in [6.45, 7) is 10.4. The normalized spacial score (nSPS) is 12.7. The van der Waals surface area contributed by atoms with Gasteiger partial charge in [0.2, 0.25) is 11.9 Å². The zero-order valence-corrected chi connectivity index (χ0v) is 16.0. The van der Waals surface area contributed by atoms with Crippen LogP contribution < -0.4 is 11.1 Å². The number of aryl methyl sites for hydroxylation is 2. The summed E-state index contributed by atoms with van der Waals surface area (Å²) in [5.74, 6) is 1.50. The Morgan fingerprint density at radius 1 is 1.20 bits per heavy atom. The Morgan fingerprint density at radius 3 is 2.60 bits per heavy atom. The van der Waals surface area contributed by atoms with E-state index in [1.54, 1.807) is 4.52 Å². The Kier molecular flexibility index (Phi) is 6.33. The van der Waals surface area contributed by atoms with Crippen LogP contribution >= 0.6 is 0 Å². The number of nitrogens with one attached hydrogen (secondary N) is 1. The lowest BCUT2D eigenvalue weighted by atomic mass is 10.0. The third kappa shape index (κ3) is 5.14. The zero-order valence-electron chi connectivity index (χ0n) is 16.0. The second-order valence-electron chi connectivity index (χ2n) is 7.24. The fourth-order valence-electron chi connectivity index (χ4n) is 3.08. The summed E-state index contributed by atoms with van der Waals surface area (Å²) in [7, 11) is 0. The van der Waals surface area contributed by atoms with Crippen LogP contribution in [0.2, 0.25) is 0 Å². The molecule has 2 rings (SSSR count). The standard InChI is InChI=1S/C18H30N6O/c1-11(2)7-6-8-12(3)20-16(25)10-9-15-13(4)21-18-22-17(19)23-24(18)14(15)5/h11-12H,6-10H2,1-5H3,(H2,19,23)(H,20,25)/t12-/m1/s1. The van der Waals surface area contributed by atoms with Crippen molar-refractivity contribution in [2.75, 3.05) is 5.73 Å². The van der Waals surface area contributed by atoms with Crippen molar-refractivity contribution < 1.29 is 4.79 Å². The van der Waals surface area contributed by atoms with E-state index in [9.17, 15) is 4.79 Å². The summed E-state index contributed by atoms with van der Waals surface area (Å²) in [6.07, 6.45) is 4.43. The van der Waals surface area contributed by atoms with Crippen LogP contribution in [0.1, 0.15) is 63.4 Å². The summed E-state index contributed by atoms with van der Waals surface area (Å²) in [6, 6.07) is 0.212. The van der Waals surface area contributed by atoms with Crippen molar-refractivity contribution in [3.05, 3.63) is 17.0 Å². The molecule has 0 saturated heterocycles. The van der Waals surface area contributed by atoms with Gasteiger partial charge >= 0.3 is 0 Å². The second-order valence-corrected chi connectivity index (χ2v) is 7.24. The topological polar surface area (TPSA) is 98.2 Å². The molecule has 2 heterocycles. The Balaban J connectivity index is 1.92. The van der Waals surface area contributed by atoms with E-state index in [0.717, 1.165) is 29.8 Å². The van der Waals surface area contributed by atoms with Crippen molar-refractivity contribution >= 4 is 17.6 Å². The van der Waals surface area contributed by atoms with Crippen LogP contribution in [0, 0.1) is 19.8 Å². The summed E-state index contributed by atoms with van der Waals surface area (Å²) < 4.78 is 1.64. The summed E-state index contributed by atoms with van der Waals surface area (Å²) in [5.41, 5.74) is 8.48. The van der Waals surface area contributed by atoms with E-state index < -0.39 is 0 Å². The molecule has 0 fully saturated rings. The maximum Gasteiger partial charge on any atom is 0.254 e. The molecule has 1 atom stereocenters. The van der Waals surface area contributed by atoms with Crippen molar-refractivity contribution in [3.63, 3.8) is 0 Å². The van der Waals surface area contributed by atoms with E-state index in [1.807, 2.05) is 13.8 Å². The van der Waals surface area contributed by atoms with E-state index >= 15 is 0 Å². The first kappa shape index (κ1) is 19.1. The van der Waals surface area contributed by atoms with Crippen LogP contribution in [-0.4, -0.2) is 31.5 Å². The van der Waals surface area contributed by atoms with E-state index in [2.05, 4.69) is 41.2 Å². The van der Waals surface area contributed by atoms with Gasteiger partial charge in [-0.2, -0.15) is 9.50 Å². The predicted octanol–water partition coefficient (Wildman–Crippen LogP) is 2.59. The first-order valence-electron chi connectivity index (χ1n) is 9.05. The lowest BCUT2D eigenvalue weighted by Crippen LogP contribution is -2.32. The molecular formula is C18H30N6O. The maximum absolute atomic E-state index is 12.2. The highest BCUT2D eigenvalue weighted by molar-refractivity contribution is 5.76. The van der Waals surface area contributed by atoms with Gasteiger partial charge in [0.1, 0.15) is 0 Å². The quantitative estimate of drug-likeness (QED) is 0.765. The van der Waals surface area contributed by atoms with Gasteiger partial charge in [-0.3, -0.25) is 4.79 Å². The Bertz CT molecular complexity index is 737. The second kappa shape index (κ2) is 8.27. The number of nitrogens with two attached hydrogens (primary N) is 1. The minimum atomic E-state index is 0.0778. The molecule has 0 saturated carbocycles. The fourth-order valence-corrected chi connectivity index (χ4v) is 3.08. The average Bonchev–Trinajstić information content (AvgIpc) is 2.87. The Labute approximate surface area is 149 Å². The van der Waals surface area contributed by atoms with Gasteiger partial charge in [0.05, 0.1) is 0 Å². The lowest BCUT2D eigenvalue weighted by Gasteiger charge is -2.15. The minimum Gasteiger partial charge on any atom is -0.366 e. The molecule has 2 aromatic rings. The van der Waals surface area contributed by atoms with Gasteiger partial charge in [-0.1, -0.05) is 26.7 Å². The molecule has 0 radical (unpaired) electrons. The Morgan fingerprint density at radius 2 is 1.92 bits per heavy atom. The molecule has 0 aromatic carbocycles. The largest absolute Gasteiger partial charge is 0.366 e. The van der Waals surface area contributed by atoms with Crippen molar-refractivity contribution in [1.29, 1.82) is 0 Å². The van der Waals surface area contributed by atoms with Crippen molar-refractivity contribution in [2.45, 2.75) is 72.8 Å². The van der Waals surface area contributed by atoms with Crippen LogP contribution in [0.15, 0.2) is 0 Å². The molecule has 25 heavy (non-hydrogen) atoms. The highest BCUT2D eigenvalue weighted by Crippen LogP contribution is 2.16. The number of hydrogen-bond acceptors (Lipinski definition) is 5. The molecule has 0 spiro atoms. The van der Waals surface area contributed by atoms with Gasteiger partial charge in [-0.05, 0) is 45.1 Å². The van der Waals surface area contributed by atoms with Crippen LogP contribution in [0.5, 0.6) is 0 Å². The number of fused-ring (bicyclic) bond motifs is 1. The van der Waals surface area contributed by atoms with Crippen LogP contribution in [0.4, 0.5) is 5.95 Å². The van der Waals surface area contributed by atoms with Crippen molar-refractivity contribution in [1.82, 2.24) is 24.9 Å². The van der Waals surface area contributed by atoms with Gasteiger partial charge in [-0.15, -0.1) is 5.10 Å². The molecule has 3 N–H and O–H groups in total. The van der Waals surface area contributed by atoms with Crippen LogP contribution in [-0.2, 0) is 11.2 Å². The predicted molar refractivity (Wildman–Crippen MR) is 99.3 cm³/mol. The third-order valence-corrected chi connectivity index (χ3v) is 4.49. The highest BCUT2D eigenvalue weighted by Gasteiger charge is 2.14. The van der Waals surface area contributed by atoms with Crippen LogP contribution in [0.25, 0.3) is 5.78 Å². The Hall–Kier alpha value is -2.18. The van der Waals surface area contributed by atoms with Gasteiger partial charge in [-0.25, -0.2) is 4.98 Å². The van der Waals surface area contributed by atoms with Gasteiger partial charge < -0.3 is 11.1 Å².